The van der Waals surface area contributed by atoms with Gasteiger partial charge in [-0.25, -0.2) is 0 Å². The maximum absolute atomic E-state index is 12.4. The summed E-state index contributed by atoms with van der Waals surface area (Å²) >= 11 is 3.57. The Kier molecular flexibility index (Phi) is 6.68. The summed E-state index contributed by atoms with van der Waals surface area (Å²) in [5.74, 6) is 0.239. The maximum Gasteiger partial charge on any atom is 0.309 e. The van der Waals surface area contributed by atoms with Crippen LogP contribution in [0.25, 0.3) is 6.08 Å². The van der Waals surface area contributed by atoms with Crippen molar-refractivity contribution < 1.29 is 19.1 Å². The van der Waals surface area contributed by atoms with Crippen molar-refractivity contribution in [3.05, 3.63) is 36.2 Å². The maximum atomic E-state index is 12.4. The van der Waals surface area contributed by atoms with E-state index in [9.17, 15) is 9.59 Å². The van der Waals surface area contributed by atoms with Gasteiger partial charge in [0.1, 0.15) is 6.10 Å². The van der Waals surface area contributed by atoms with E-state index in [0.717, 1.165) is 17.4 Å². The third kappa shape index (κ3) is 4.60. The van der Waals surface area contributed by atoms with E-state index < -0.39 is 0 Å². The lowest BCUT2D eigenvalue weighted by atomic mass is 9.60. The van der Waals surface area contributed by atoms with Crippen LogP contribution in [0.3, 0.4) is 0 Å². The van der Waals surface area contributed by atoms with E-state index in [0.29, 0.717) is 18.9 Å². The van der Waals surface area contributed by atoms with Crippen LogP contribution >= 0.6 is 15.9 Å². The van der Waals surface area contributed by atoms with Crippen LogP contribution in [-0.2, 0) is 19.1 Å². The summed E-state index contributed by atoms with van der Waals surface area (Å²) in [4.78, 5) is 28.1. The molecule has 0 radical (unpaired) electrons. The lowest BCUT2D eigenvalue weighted by molar-refractivity contribution is -0.145. The average Bonchev–Trinajstić information content (AvgIpc) is 2.93. The van der Waals surface area contributed by atoms with Crippen LogP contribution in [0, 0.1) is 29.6 Å². The molecule has 0 amide bonds. The van der Waals surface area contributed by atoms with Gasteiger partial charge in [0.25, 0.3) is 0 Å². The molecule has 146 valence electrons. The Morgan fingerprint density at radius 2 is 2.26 bits per heavy atom. The Balaban J connectivity index is 1.90. The number of esters is 2. The zero-order valence-corrected chi connectivity index (χ0v) is 17.3. The van der Waals surface area contributed by atoms with Crippen LogP contribution in [0.4, 0.5) is 0 Å². The number of pyridine rings is 1. The number of hydrogen-bond acceptors (Lipinski definition) is 5. The fraction of sp³-hybridized carbons (Fsp3) is 0.571. The number of carbonyl (C=O) groups excluding carboxylic acids is 2. The van der Waals surface area contributed by atoms with Gasteiger partial charge in [-0.05, 0) is 55.7 Å². The first-order valence-electron chi connectivity index (χ1n) is 9.50. The summed E-state index contributed by atoms with van der Waals surface area (Å²) in [6, 6.07) is 5.81. The molecule has 0 bridgehead atoms. The third-order valence-electron chi connectivity index (χ3n) is 5.83. The SMILES string of the molecule is CC(=O)OC[C@H]1C[C@H]2C(=O)O[C@H](C)[C@H]2[C@@H](C=Cc2ccccn2)[C@@H]1CCBr. The van der Waals surface area contributed by atoms with E-state index in [1.165, 1.54) is 6.92 Å². The number of hydrogen-bond donors (Lipinski definition) is 0. The van der Waals surface area contributed by atoms with Crippen LogP contribution in [0.15, 0.2) is 30.5 Å². The Morgan fingerprint density at radius 3 is 2.93 bits per heavy atom. The zero-order valence-electron chi connectivity index (χ0n) is 15.7. The van der Waals surface area contributed by atoms with Crippen molar-refractivity contribution >= 4 is 33.9 Å². The number of carbonyl (C=O) groups is 2. The van der Waals surface area contributed by atoms with Crippen LogP contribution in [-0.4, -0.2) is 35.0 Å². The molecule has 6 heteroatoms. The Bertz CT molecular complexity index is 693. The summed E-state index contributed by atoms with van der Waals surface area (Å²) < 4.78 is 10.9. The quantitative estimate of drug-likeness (QED) is 0.501. The van der Waals surface area contributed by atoms with Crippen molar-refractivity contribution in [2.45, 2.75) is 32.8 Å². The number of cyclic esters (lactones) is 1. The zero-order chi connectivity index (χ0) is 19.4. The Morgan fingerprint density at radius 1 is 1.44 bits per heavy atom. The highest BCUT2D eigenvalue weighted by Gasteiger charge is 2.53. The second kappa shape index (κ2) is 9.00. The summed E-state index contributed by atoms with van der Waals surface area (Å²) in [7, 11) is 0. The lowest BCUT2D eigenvalue weighted by Crippen LogP contribution is -2.43. The van der Waals surface area contributed by atoms with Gasteiger partial charge in [-0.15, -0.1) is 0 Å². The molecular formula is C21H26BrNO4. The number of aromatic nitrogens is 1. The van der Waals surface area contributed by atoms with E-state index >= 15 is 0 Å². The predicted molar refractivity (Wildman–Crippen MR) is 106 cm³/mol. The van der Waals surface area contributed by atoms with Crippen molar-refractivity contribution in [2.75, 3.05) is 11.9 Å². The second-order valence-electron chi connectivity index (χ2n) is 7.46. The molecule has 2 fully saturated rings. The number of ether oxygens (including phenoxy) is 2. The Hall–Kier alpha value is -1.69. The smallest absolute Gasteiger partial charge is 0.309 e. The standard InChI is InChI=1S/C21H26BrNO4/c1-13-20-18(7-6-16-5-3-4-10-23-16)17(8-9-22)15(12-26-14(2)24)11-19(20)21(25)27-13/h3-7,10,13,15,17-20H,8-9,11-12H2,1-2H3/t13-,15-,17-,18+,19-,20+/m1/s1. The first kappa shape index (κ1) is 20.1. The van der Waals surface area contributed by atoms with Crippen LogP contribution in [0.1, 0.15) is 32.4 Å². The molecule has 0 unspecified atom stereocenters. The van der Waals surface area contributed by atoms with Crippen molar-refractivity contribution in [3.8, 4) is 0 Å². The first-order chi connectivity index (χ1) is 13.0. The number of alkyl halides is 1. The van der Waals surface area contributed by atoms with Gasteiger partial charge in [0, 0.05) is 24.4 Å². The second-order valence-corrected chi connectivity index (χ2v) is 8.25. The molecule has 1 saturated carbocycles. The number of rotatable bonds is 6. The van der Waals surface area contributed by atoms with Crippen LogP contribution in [0.5, 0.6) is 0 Å². The lowest BCUT2D eigenvalue weighted by Gasteiger charge is -2.43. The molecule has 1 aromatic heterocycles. The van der Waals surface area contributed by atoms with Crippen molar-refractivity contribution in [3.63, 3.8) is 0 Å². The van der Waals surface area contributed by atoms with Crippen molar-refractivity contribution in [1.29, 1.82) is 0 Å². The van der Waals surface area contributed by atoms with E-state index in [1.807, 2.05) is 31.2 Å². The predicted octanol–water partition coefficient (Wildman–Crippen LogP) is 3.87. The summed E-state index contributed by atoms with van der Waals surface area (Å²) in [6.07, 6.45) is 7.56. The molecule has 2 aliphatic rings. The average molecular weight is 436 g/mol. The molecule has 0 aromatic carbocycles. The molecule has 1 aliphatic carbocycles. The normalized spacial score (nSPS) is 32.9. The van der Waals surface area contributed by atoms with Crippen molar-refractivity contribution in [2.24, 2.45) is 29.6 Å². The summed E-state index contributed by atoms with van der Waals surface area (Å²) in [5.41, 5.74) is 0.895. The number of nitrogens with zero attached hydrogens (tertiary/aromatic N) is 1. The van der Waals surface area contributed by atoms with Gasteiger partial charge >= 0.3 is 11.9 Å². The fourth-order valence-corrected chi connectivity index (χ4v) is 5.22. The topological polar surface area (TPSA) is 65.5 Å². The van der Waals surface area contributed by atoms with Gasteiger partial charge in [-0.1, -0.05) is 28.1 Å². The van der Waals surface area contributed by atoms with E-state index in [2.05, 4.69) is 27.0 Å². The van der Waals surface area contributed by atoms with Crippen LogP contribution < -0.4 is 0 Å². The molecular weight excluding hydrogens is 410 g/mol. The molecule has 3 rings (SSSR count). The van der Waals surface area contributed by atoms with Gasteiger partial charge < -0.3 is 9.47 Å². The molecule has 27 heavy (non-hydrogen) atoms. The minimum atomic E-state index is -0.280. The monoisotopic (exact) mass is 435 g/mol. The highest BCUT2D eigenvalue weighted by Crippen LogP contribution is 2.50. The van der Waals surface area contributed by atoms with E-state index in [1.54, 1.807) is 6.20 Å². The first-order valence-corrected chi connectivity index (χ1v) is 10.6. The third-order valence-corrected chi connectivity index (χ3v) is 6.29. The highest BCUT2D eigenvalue weighted by molar-refractivity contribution is 9.09. The summed E-state index contributed by atoms with van der Waals surface area (Å²) in [5, 5.41) is 0.864. The van der Waals surface area contributed by atoms with E-state index in [4.69, 9.17) is 9.47 Å². The number of fused-ring (bicyclic) bond motifs is 1. The van der Waals surface area contributed by atoms with E-state index in [-0.39, 0.29) is 41.7 Å². The van der Waals surface area contributed by atoms with Gasteiger partial charge in [-0.3, -0.25) is 14.6 Å². The van der Waals surface area contributed by atoms with Gasteiger partial charge in [0.15, 0.2) is 0 Å². The van der Waals surface area contributed by atoms with Gasteiger partial charge in [-0.2, -0.15) is 0 Å². The molecule has 0 spiro atoms. The molecule has 0 N–H and O–H groups in total. The minimum Gasteiger partial charge on any atom is -0.466 e. The van der Waals surface area contributed by atoms with Gasteiger partial charge in [0.05, 0.1) is 18.2 Å². The van der Waals surface area contributed by atoms with Gasteiger partial charge in [0.2, 0.25) is 0 Å². The van der Waals surface area contributed by atoms with Crippen molar-refractivity contribution in [1.82, 2.24) is 4.98 Å². The summed E-state index contributed by atoms with van der Waals surface area (Å²) in [6.45, 7) is 3.77. The molecule has 6 atom stereocenters. The largest absolute Gasteiger partial charge is 0.466 e. The number of halogens is 1. The van der Waals surface area contributed by atoms with Crippen LogP contribution in [0.2, 0.25) is 0 Å². The fourth-order valence-electron chi connectivity index (χ4n) is 4.69. The molecule has 1 aromatic rings. The molecule has 1 aliphatic heterocycles. The minimum absolute atomic E-state index is 0.103. The highest BCUT2D eigenvalue weighted by atomic mass is 79.9. The molecule has 1 saturated heterocycles. The Labute approximate surface area is 168 Å². The molecule has 2 heterocycles. The number of allylic oxidation sites excluding steroid dienone is 1. The molecule has 5 nitrogen and oxygen atoms in total.